The van der Waals surface area contributed by atoms with Crippen LogP contribution in [0.4, 0.5) is 5.69 Å². The van der Waals surface area contributed by atoms with Gasteiger partial charge in [-0.05, 0) is 36.6 Å². The van der Waals surface area contributed by atoms with E-state index < -0.39 is 0 Å². The second kappa shape index (κ2) is 3.56. The molecular formula is C12H13N3O. The zero-order chi connectivity index (χ0) is 11.0. The lowest BCUT2D eigenvalue weighted by Crippen LogP contribution is -2.16. The van der Waals surface area contributed by atoms with E-state index in [1.54, 1.807) is 17.0 Å². The highest BCUT2D eigenvalue weighted by molar-refractivity contribution is 5.57. The quantitative estimate of drug-likeness (QED) is 0.757. The van der Waals surface area contributed by atoms with Gasteiger partial charge in [-0.1, -0.05) is 0 Å². The Labute approximate surface area is 92.9 Å². The molecular weight excluding hydrogens is 202 g/mol. The van der Waals surface area contributed by atoms with E-state index in [1.165, 1.54) is 11.3 Å². The van der Waals surface area contributed by atoms with E-state index >= 15 is 0 Å². The van der Waals surface area contributed by atoms with Crippen molar-refractivity contribution in [1.29, 1.82) is 0 Å². The van der Waals surface area contributed by atoms with Crippen molar-refractivity contribution < 1.29 is 0 Å². The Balaban J connectivity index is 2.10. The molecule has 0 spiro atoms. The molecule has 3 rings (SSSR count). The standard InChI is InChI=1S/C12H13N3O/c16-12-14-6-7-15(12)10-3-4-11-9(8-10)2-1-5-13-11/h3-4,6-8,13H,1-2,5H2,(H,14,16). The van der Waals surface area contributed by atoms with Crippen molar-refractivity contribution in [3.05, 3.63) is 46.6 Å². The fourth-order valence-corrected chi connectivity index (χ4v) is 2.13. The number of nitrogens with one attached hydrogen (secondary N) is 2. The van der Waals surface area contributed by atoms with Crippen LogP contribution < -0.4 is 11.0 Å². The first-order chi connectivity index (χ1) is 7.84. The van der Waals surface area contributed by atoms with Gasteiger partial charge in [0.15, 0.2) is 0 Å². The molecule has 1 aliphatic heterocycles. The third kappa shape index (κ3) is 1.43. The molecule has 1 aliphatic rings. The van der Waals surface area contributed by atoms with Gasteiger partial charge in [-0.15, -0.1) is 0 Å². The summed E-state index contributed by atoms with van der Waals surface area (Å²) in [4.78, 5) is 14.1. The number of nitrogens with zero attached hydrogens (tertiary/aromatic N) is 1. The number of aryl methyl sites for hydroxylation is 1. The maximum absolute atomic E-state index is 11.5. The molecule has 16 heavy (non-hydrogen) atoms. The number of benzene rings is 1. The highest BCUT2D eigenvalue weighted by Crippen LogP contribution is 2.23. The molecule has 2 heterocycles. The highest BCUT2D eigenvalue weighted by Gasteiger charge is 2.09. The largest absolute Gasteiger partial charge is 0.385 e. The molecule has 1 aromatic carbocycles. The van der Waals surface area contributed by atoms with E-state index in [4.69, 9.17) is 0 Å². The number of hydrogen-bond acceptors (Lipinski definition) is 2. The van der Waals surface area contributed by atoms with E-state index in [-0.39, 0.29) is 5.69 Å². The van der Waals surface area contributed by atoms with E-state index in [2.05, 4.69) is 16.4 Å². The zero-order valence-corrected chi connectivity index (χ0v) is 8.86. The van der Waals surface area contributed by atoms with Crippen LogP contribution in [-0.2, 0) is 6.42 Å². The summed E-state index contributed by atoms with van der Waals surface area (Å²) in [6.45, 7) is 1.04. The molecule has 0 saturated heterocycles. The molecule has 4 heteroatoms. The predicted octanol–water partition coefficient (Wildman–Crippen LogP) is 1.52. The van der Waals surface area contributed by atoms with Gasteiger partial charge in [-0.2, -0.15) is 0 Å². The normalized spacial score (nSPS) is 14.2. The maximum atomic E-state index is 11.5. The Hall–Kier alpha value is -1.97. The SMILES string of the molecule is O=c1[nH]ccn1-c1ccc2c(c1)CCCN2. The summed E-state index contributed by atoms with van der Waals surface area (Å²) in [6.07, 6.45) is 5.63. The summed E-state index contributed by atoms with van der Waals surface area (Å²) in [5, 5.41) is 3.35. The summed E-state index contributed by atoms with van der Waals surface area (Å²) in [5.74, 6) is 0. The van der Waals surface area contributed by atoms with E-state index in [0.29, 0.717) is 0 Å². The molecule has 2 aromatic rings. The number of rotatable bonds is 1. The fourth-order valence-electron chi connectivity index (χ4n) is 2.13. The van der Waals surface area contributed by atoms with Crippen LogP contribution >= 0.6 is 0 Å². The van der Waals surface area contributed by atoms with Crippen LogP contribution in [0.3, 0.4) is 0 Å². The fraction of sp³-hybridized carbons (Fsp3) is 0.250. The van der Waals surface area contributed by atoms with Crippen molar-refractivity contribution in [1.82, 2.24) is 9.55 Å². The molecule has 4 nitrogen and oxygen atoms in total. The van der Waals surface area contributed by atoms with Crippen LogP contribution in [0, 0.1) is 0 Å². The molecule has 0 aliphatic carbocycles. The Kier molecular flexibility index (Phi) is 2.06. The molecule has 0 unspecified atom stereocenters. The van der Waals surface area contributed by atoms with Crippen LogP contribution in [0.15, 0.2) is 35.4 Å². The lowest BCUT2D eigenvalue weighted by atomic mass is 10.0. The van der Waals surface area contributed by atoms with Gasteiger partial charge in [-0.3, -0.25) is 4.57 Å². The van der Waals surface area contributed by atoms with Crippen LogP contribution in [0.1, 0.15) is 12.0 Å². The predicted molar refractivity (Wildman–Crippen MR) is 63.2 cm³/mol. The minimum absolute atomic E-state index is 0.0938. The number of anilines is 1. The van der Waals surface area contributed by atoms with Crippen LogP contribution in [0.5, 0.6) is 0 Å². The second-order valence-corrected chi connectivity index (χ2v) is 4.01. The third-order valence-corrected chi connectivity index (χ3v) is 2.95. The van der Waals surface area contributed by atoms with Crippen molar-refractivity contribution in [2.75, 3.05) is 11.9 Å². The molecule has 0 amide bonds. The Morgan fingerprint density at radius 3 is 3.06 bits per heavy atom. The van der Waals surface area contributed by atoms with Gasteiger partial charge >= 0.3 is 5.69 Å². The first kappa shape index (κ1) is 9.27. The van der Waals surface area contributed by atoms with Crippen molar-refractivity contribution >= 4 is 5.69 Å². The lowest BCUT2D eigenvalue weighted by Gasteiger charge is -2.18. The Morgan fingerprint density at radius 1 is 1.31 bits per heavy atom. The number of imidazole rings is 1. The summed E-state index contributed by atoms with van der Waals surface area (Å²) < 4.78 is 1.62. The highest BCUT2D eigenvalue weighted by atomic mass is 16.1. The van der Waals surface area contributed by atoms with Crippen molar-refractivity contribution in [3.8, 4) is 5.69 Å². The number of aromatic nitrogens is 2. The van der Waals surface area contributed by atoms with Crippen LogP contribution in [0.25, 0.3) is 5.69 Å². The number of H-pyrrole nitrogens is 1. The average molecular weight is 215 g/mol. The first-order valence-electron chi connectivity index (χ1n) is 5.48. The summed E-state index contributed by atoms with van der Waals surface area (Å²) in [6, 6.07) is 6.09. The number of aromatic amines is 1. The van der Waals surface area contributed by atoms with E-state index in [0.717, 1.165) is 25.1 Å². The van der Waals surface area contributed by atoms with E-state index in [1.807, 2.05) is 12.1 Å². The topological polar surface area (TPSA) is 49.8 Å². The smallest absolute Gasteiger partial charge is 0.330 e. The maximum Gasteiger partial charge on any atom is 0.330 e. The average Bonchev–Trinajstić information content (AvgIpc) is 2.75. The third-order valence-electron chi connectivity index (χ3n) is 2.95. The number of fused-ring (bicyclic) bond motifs is 1. The van der Waals surface area contributed by atoms with Gasteiger partial charge in [0, 0.05) is 24.6 Å². The summed E-state index contributed by atoms with van der Waals surface area (Å²) >= 11 is 0. The van der Waals surface area contributed by atoms with Gasteiger partial charge in [0.25, 0.3) is 0 Å². The molecule has 1 aromatic heterocycles. The van der Waals surface area contributed by atoms with Crippen LogP contribution in [-0.4, -0.2) is 16.1 Å². The molecule has 82 valence electrons. The molecule has 0 bridgehead atoms. The minimum atomic E-state index is -0.0938. The molecule has 2 N–H and O–H groups in total. The van der Waals surface area contributed by atoms with Crippen LogP contribution in [0.2, 0.25) is 0 Å². The molecule has 0 atom stereocenters. The first-order valence-corrected chi connectivity index (χ1v) is 5.48. The zero-order valence-electron chi connectivity index (χ0n) is 8.86. The van der Waals surface area contributed by atoms with Gasteiger partial charge < -0.3 is 10.3 Å². The molecule has 0 radical (unpaired) electrons. The number of hydrogen-bond donors (Lipinski definition) is 2. The monoisotopic (exact) mass is 215 g/mol. The van der Waals surface area contributed by atoms with Gasteiger partial charge in [0.05, 0.1) is 5.69 Å². The van der Waals surface area contributed by atoms with Gasteiger partial charge in [0.2, 0.25) is 0 Å². The Morgan fingerprint density at radius 2 is 2.25 bits per heavy atom. The molecule has 0 saturated carbocycles. The van der Waals surface area contributed by atoms with E-state index in [9.17, 15) is 4.79 Å². The van der Waals surface area contributed by atoms with Crippen molar-refractivity contribution in [2.24, 2.45) is 0 Å². The van der Waals surface area contributed by atoms with Crippen molar-refractivity contribution in [2.45, 2.75) is 12.8 Å². The Bertz CT molecular complexity index is 568. The van der Waals surface area contributed by atoms with Gasteiger partial charge in [-0.25, -0.2) is 4.79 Å². The van der Waals surface area contributed by atoms with Crippen molar-refractivity contribution in [3.63, 3.8) is 0 Å². The summed E-state index contributed by atoms with van der Waals surface area (Å²) in [7, 11) is 0. The second-order valence-electron chi connectivity index (χ2n) is 4.01. The minimum Gasteiger partial charge on any atom is -0.385 e. The lowest BCUT2D eigenvalue weighted by molar-refractivity contribution is 0.827. The molecule has 0 fully saturated rings. The van der Waals surface area contributed by atoms with Gasteiger partial charge in [0.1, 0.15) is 0 Å². The summed E-state index contributed by atoms with van der Waals surface area (Å²) in [5.41, 5.74) is 3.31.